The van der Waals surface area contributed by atoms with Crippen molar-refractivity contribution in [1.82, 2.24) is 44.5 Å². The first-order chi connectivity index (χ1) is 21.3. The molecule has 242 valence electrons. The molecule has 4 aromatic heterocycles. The van der Waals surface area contributed by atoms with E-state index in [1.807, 2.05) is 0 Å². The van der Waals surface area contributed by atoms with Gasteiger partial charge < -0.3 is 40.9 Å². The Labute approximate surface area is 248 Å². The molecule has 2 bridgehead atoms. The first kappa shape index (κ1) is 30.2. The predicted octanol–water partition coefficient (Wildman–Crippen LogP) is -2.95. The number of fused-ring (bicyclic) bond motifs is 5. The normalized spacial score (nSPS) is 37.7. The van der Waals surface area contributed by atoms with E-state index in [1.54, 1.807) is 0 Å². The molecular weight excluding hydrogens is 652 g/mol. The average molecular weight is 675 g/mol. The minimum Gasteiger partial charge on any atom is -0.387 e. The maximum absolute atomic E-state index is 13.2. The van der Waals surface area contributed by atoms with Crippen LogP contribution in [0.3, 0.4) is 0 Å². The molecule has 0 aliphatic carbocycles. The molecule has 26 heteroatoms. The Bertz CT molecular complexity index is 1940. The van der Waals surface area contributed by atoms with Crippen molar-refractivity contribution in [1.29, 1.82) is 0 Å². The summed E-state index contributed by atoms with van der Waals surface area (Å²) in [4.78, 5) is 51.5. The number of hydrogen-bond acceptors (Lipinski definition) is 19. The van der Waals surface area contributed by atoms with Crippen LogP contribution in [-0.2, 0) is 36.7 Å². The molecule has 3 aliphatic heterocycles. The van der Waals surface area contributed by atoms with Crippen molar-refractivity contribution < 1.29 is 56.7 Å². The summed E-state index contributed by atoms with van der Waals surface area (Å²) in [6.45, 7) is -1.69. The maximum atomic E-state index is 13.2. The zero-order chi connectivity index (χ0) is 31.8. The summed E-state index contributed by atoms with van der Waals surface area (Å²) in [5, 5.41) is 29.8. The Morgan fingerprint density at radius 1 is 0.889 bits per heavy atom. The highest BCUT2D eigenvalue weighted by atomic mass is 31.2. The fourth-order valence-electron chi connectivity index (χ4n) is 5.17. The number of aliphatic hydroxyl groups excluding tert-OH is 2. The first-order valence-electron chi connectivity index (χ1n) is 12.8. The number of aliphatic hydroxyl groups is 2. The van der Waals surface area contributed by atoms with Crippen LogP contribution in [0.15, 0.2) is 17.4 Å². The molecule has 0 radical (unpaired) electrons. The lowest BCUT2D eigenvalue weighted by atomic mass is 10.1. The summed E-state index contributed by atoms with van der Waals surface area (Å²) in [6, 6.07) is 0. The van der Waals surface area contributed by atoms with Gasteiger partial charge in [0.2, 0.25) is 5.95 Å². The minimum absolute atomic E-state index is 0.0277. The van der Waals surface area contributed by atoms with Crippen LogP contribution in [0.2, 0.25) is 0 Å². The van der Waals surface area contributed by atoms with Gasteiger partial charge in [0.05, 0.1) is 19.5 Å². The molecule has 2 unspecified atom stereocenters. The number of aromatic nitrogens is 9. The number of H-pyrrole nitrogens is 1. The van der Waals surface area contributed by atoms with Crippen LogP contribution in [-0.4, -0.2) is 114 Å². The second kappa shape index (κ2) is 10.8. The third-order valence-corrected chi connectivity index (χ3v) is 9.16. The van der Waals surface area contributed by atoms with Gasteiger partial charge in [-0.1, -0.05) is 5.21 Å². The number of hydrogen-bond donors (Lipinski definition) is 7. The van der Waals surface area contributed by atoms with Crippen LogP contribution in [0.25, 0.3) is 22.3 Å². The predicted molar refractivity (Wildman–Crippen MR) is 141 cm³/mol. The lowest BCUT2D eigenvalue weighted by Crippen LogP contribution is -2.36. The Morgan fingerprint density at radius 2 is 1.58 bits per heavy atom. The standard InChI is InChI=1S/C19H23N11O13P2/c20-13-7-14(23-3-22-13)30(28-27-7)17-10(32)11-6(41-17)2-39-45(36,37)43-12-9(31)5(1-38-44(34,35)42-11)40-18(12)29-4-24-8-15(29)25-19(21)26-16(8)33/h3-6,9-12,17-18,31-32H,1-2H2,(H,34,35)(H,36,37)(H2,20,22,23)(H3,21,25,26,33)/t5-,6-,9-,10-,11-,12-,17-,18-/m1/s1. The van der Waals surface area contributed by atoms with E-state index in [2.05, 4.69) is 35.2 Å². The van der Waals surface area contributed by atoms with E-state index in [1.165, 1.54) is 0 Å². The number of phosphoric ester groups is 2. The summed E-state index contributed by atoms with van der Waals surface area (Å²) < 4.78 is 60.6. The topological polar surface area (TPSA) is 343 Å². The van der Waals surface area contributed by atoms with Gasteiger partial charge in [0.15, 0.2) is 40.6 Å². The SMILES string of the molecule is Nc1nc2c(ncn2[C@@H]2O[C@@H]3COP(=O)(O)O[C@H]4[C@@H](O)[C@H](n5nnc6c(N)ncnc65)O[C@@H]4COP(=O)(O)O[C@@H]2[C@@H]3O)c(=O)[nH]1. The number of nitrogens with one attached hydrogen (secondary N) is 1. The highest BCUT2D eigenvalue weighted by Gasteiger charge is 2.54. The molecule has 3 saturated heterocycles. The Hall–Kier alpha value is -3.51. The number of nitrogen functional groups attached to an aromatic ring is 2. The summed E-state index contributed by atoms with van der Waals surface area (Å²) in [6.07, 6.45) is -10.8. The number of imidazole rings is 1. The van der Waals surface area contributed by atoms with E-state index in [9.17, 15) is 33.9 Å². The van der Waals surface area contributed by atoms with E-state index in [0.717, 1.165) is 21.9 Å². The van der Waals surface area contributed by atoms with E-state index < -0.39 is 83.5 Å². The maximum Gasteiger partial charge on any atom is 0.472 e. The molecule has 24 nitrogen and oxygen atoms in total. The molecule has 7 heterocycles. The number of rotatable bonds is 2. The van der Waals surface area contributed by atoms with Crippen LogP contribution in [0.4, 0.5) is 11.8 Å². The fourth-order valence-corrected chi connectivity index (χ4v) is 7.06. The molecular formula is C19H23N11O13P2. The Morgan fingerprint density at radius 3 is 2.33 bits per heavy atom. The second-order valence-electron chi connectivity index (χ2n) is 10.0. The number of phosphoric acid groups is 2. The molecule has 4 aromatic rings. The highest BCUT2D eigenvalue weighted by molar-refractivity contribution is 7.47. The summed E-state index contributed by atoms with van der Waals surface area (Å²) in [7, 11) is -10.2. The summed E-state index contributed by atoms with van der Waals surface area (Å²) >= 11 is 0. The van der Waals surface area contributed by atoms with Gasteiger partial charge in [-0.2, -0.15) is 9.67 Å². The Kier molecular flexibility index (Phi) is 7.23. The quantitative estimate of drug-likeness (QED) is 0.104. The summed E-state index contributed by atoms with van der Waals surface area (Å²) in [5.74, 6) is -0.317. The molecule has 0 saturated carbocycles. The van der Waals surface area contributed by atoms with Gasteiger partial charge in [-0.05, 0) is 0 Å². The van der Waals surface area contributed by atoms with Gasteiger partial charge in [0, 0.05) is 0 Å². The molecule has 9 N–H and O–H groups in total. The van der Waals surface area contributed by atoms with E-state index in [4.69, 9.17) is 39.0 Å². The number of anilines is 2. The number of ether oxygens (including phenoxy) is 2. The number of nitrogens with two attached hydrogens (primary N) is 2. The van der Waals surface area contributed by atoms with Gasteiger partial charge >= 0.3 is 15.6 Å². The van der Waals surface area contributed by atoms with E-state index in [-0.39, 0.29) is 34.1 Å². The molecule has 7 rings (SSSR count). The van der Waals surface area contributed by atoms with Crippen molar-refractivity contribution >= 4 is 49.7 Å². The van der Waals surface area contributed by atoms with Crippen molar-refractivity contribution in [2.24, 2.45) is 0 Å². The van der Waals surface area contributed by atoms with Gasteiger partial charge in [0.1, 0.15) is 43.0 Å². The molecule has 45 heavy (non-hydrogen) atoms. The van der Waals surface area contributed by atoms with Gasteiger partial charge in [0.25, 0.3) is 5.56 Å². The first-order valence-corrected chi connectivity index (χ1v) is 15.8. The van der Waals surface area contributed by atoms with Crippen molar-refractivity contribution in [2.75, 3.05) is 24.7 Å². The van der Waals surface area contributed by atoms with Gasteiger partial charge in [-0.3, -0.25) is 32.4 Å². The largest absolute Gasteiger partial charge is 0.472 e. The number of nitrogens with zero attached hydrogens (tertiary/aromatic N) is 8. The molecule has 0 amide bonds. The van der Waals surface area contributed by atoms with Crippen molar-refractivity contribution in [3.05, 3.63) is 23.0 Å². The minimum atomic E-state index is -5.13. The van der Waals surface area contributed by atoms with Crippen LogP contribution in [0, 0.1) is 0 Å². The fraction of sp³-hybridized carbons (Fsp3) is 0.526. The molecule has 0 aromatic carbocycles. The van der Waals surface area contributed by atoms with Crippen LogP contribution in [0.5, 0.6) is 0 Å². The highest BCUT2D eigenvalue weighted by Crippen LogP contribution is 2.53. The van der Waals surface area contributed by atoms with E-state index >= 15 is 0 Å². The molecule has 10 atom stereocenters. The lowest BCUT2D eigenvalue weighted by molar-refractivity contribution is -0.0691. The monoisotopic (exact) mass is 675 g/mol. The molecule has 3 fully saturated rings. The zero-order valence-electron chi connectivity index (χ0n) is 22.3. The van der Waals surface area contributed by atoms with Crippen LogP contribution >= 0.6 is 15.6 Å². The summed E-state index contributed by atoms with van der Waals surface area (Å²) in [5.41, 5.74) is 10.5. The second-order valence-corrected chi connectivity index (χ2v) is 12.8. The lowest BCUT2D eigenvalue weighted by Gasteiger charge is -2.25. The van der Waals surface area contributed by atoms with Crippen LogP contribution in [0.1, 0.15) is 12.5 Å². The zero-order valence-corrected chi connectivity index (χ0v) is 24.1. The van der Waals surface area contributed by atoms with Crippen LogP contribution < -0.4 is 17.0 Å². The third kappa shape index (κ3) is 5.29. The van der Waals surface area contributed by atoms with E-state index in [0.29, 0.717) is 0 Å². The molecule has 3 aliphatic rings. The van der Waals surface area contributed by atoms with Crippen molar-refractivity contribution in [3.8, 4) is 0 Å². The smallest absolute Gasteiger partial charge is 0.387 e. The van der Waals surface area contributed by atoms with Crippen molar-refractivity contribution in [2.45, 2.75) is 49.1 Å². The molecule has 0 spiro atoms. The average Bonchev–Trinajstić information content (AvgIpc) is 3.72. The van der Waals surface area contributed by atoms with Gasteiger partial charge in [-0.15, -0.1) is 5.10 Å². The number of aromatic amines is 1. The Balaban J connectivity index is 1.21. The third-order valence-electron chi connectivity index (χ3n) is 7.19. The van der Waals surface area contributed by atoms with Gasteiger partial charge in [-0.25, -0.2) is 24.1 Å². The van der Waals surface area contributed by atoms with Crippen molar-refractivity contribution in [3.63, 3.8) is 0 Å².